The average Bonchev–Trinajstić information content (AvgIpc) is 2.91. The van der Waals surface area contributed by atoms with Crippen LogP contribution >= 0.6 is 0 Å². The van der Waals surface area contributed by atoms with Gasteiger partial charge >= 0.3 is 0 Å². The third kappa shape index (κ3) is 3.73. The monoisotopic (exact) mass is 280 g/mol. The zero-order chi connectivity index (χ0) is 14.4. The average molecular weight is 280 g/mol. The summed E-state index contributed by atoms with van der Waals surface area (Å²) in [5, 5.41) is 0. The molecular weight excluding hydrogens is 252 g/mol. The molecule has 1 fully saturated rings. The molecule has 1 saturated heterocycles. The third-order valence-corrected chi connectivity index (χ3v) is 3.94. The lowest BCUT2D eigenvalue weighted by Gasteiger charge is -2.32. The van der Waals surface area contributed by atoms with E-state index in [9.17, 15) is 0 Å². The van der Waals surface area contributed by atoms with E-state index in [1.165, 1.54) is 5.69 Å². The highest BCUT2D eigenvalue weighted by Crippen LogP contribution is 2.21. The molecule has 0 aromatic carbocycles. The molecule has 1 aliphatic heterocycles. The second-order valence-corrected chi connectivity index (χ2v) is 5.37. The lowest BCUT2D eigenvalue weighted by atomic mass is 10.1. The highest BCUT2D eigenvalue weighted by Gasteiger charge is 2.22. The summed E-state index contributed by atoms with van der Waals surface area (Å²) in [6.45, 7) is 8.89. The van der Waals surface area contributed by atoms with Gasteiger partial charge in [-0.2, -0.15) is 0 Å². The molecular formula is C15H28N4O. The van der Waals surface area contributed by atoms with Crippen LogP contribution in [-0.2, 0) is 17.7 Å². The first kappa shape index (κ1) is 15.3. The van der Waals surface area contributed by atoms with Gasteiger partial charge in [-0.05, 0) is 39.2 Å². The van der Waals surface area contributed by atoms with Crippen molar-refractivity contribution in [2.45, 2.75) is 52.2 Å². The number of piperidine rings is 1. The molecule has 0 amide bonds. The second-order valence-electron chi connectivity index (χ2n) is 5.37. The molecule has 5 nitrogen and oxygen atoms in total. The topological polar surface area (TPSA) is 56.3 Å². The Morgan fingerprint density at radius 2 is 2.10 bits per heavy atom. The van der Waals surface area contributed by atoms with E-state index in [0.29, 0.717) is 12.6 Å². The van der Waals surface area contributed by atoms with Gasteiger partial charge in [-0.1, -0.05) is 6.92 Å². The number of ether oxygens (including phenoxy) is 1. The van der Waals surface area contributed by atoms with Crippen LogP contribution in [0.15, 0.2) is 6.20 Å². The molecule has 0 aliphatic carbocycles. The van der Waals surface area contributed by atoms with Gasteiger partial charge in [0.2, 0.25) is 5.95 Å². The Morgan fingerprint density at radius 3 is 2.70 bits per heavy atom. The highest BCUT2D eigenvalue weighted by molar-refractivity contribution is 5.34. The number of hydrogen-bond acceptors (Lipinski definition) is 4. The molecule has 2 N–H and O–H groups in total. The summed E-state index contributed by atoms with van der Waals surface area (Å²) >= 11 is 0. The van der Waals surface area contributed by atoms with Crippen LogP contribution in [0.4, 0.5) is 5.95 Å². The van der Waals surface area contributed by atoms with E-state index in [0.717, 1.165) is 57.9 Å². The lowest BCUT2D eigenvalue weighted by Crippen LogP contribution is -2.38. The summed E-state index contributed by atoms with van der Waals surface area (Å²) in [5.41, 5.74) is 6.67. The molecule has 2 rings (SSSR count). The maximum Gasteiger partial charge on any atom is 0.205 e. The van der Waals surface area contributed by atoms with Crippen LogP contribution in [0.1, 0.15) is 38.8 Å². The number of nitrogens with two attached hydrogens (primary N) is 1. The molecule has 5 heteroatoms. The summed E-state index contributed by atoms with van der Waals surface area (Å²) in [5.74, 6) is 1.13. The summed E-state index contributed by atoms with van der Waals surface area (Å²) in [7, 11) is 0. The van der Waals surface area contributed by atoms with Gasteiger partial charge in [-0.25, -0.2) is 4.98 Å². The fourth-order valence-corrected chi connectivity index (χ4v) is 2.67. The Labute approximate surface area is 122 Å². The van der Waals surface area contributed by atoms with E-state index in [1.807, 2.05) is 0 Å². The van der Waals surface area contributed by atoms with Crippen molar-refractivity contribution >= 4 is 5.95 Å². The quantitative estimate of drug-likeness (QED) is 0.774. The fraction of sp³-hybridized carbons (Fsp3) is 0.800. The number of rotatable bonds is 7. The number of imidazole rings is 1. The Kier molecular flexibility index (Phi) is 5.86. The SMILES string of the molecule is CCc1cn(CC)c(N2CCC(OCCCN)CC2)n1. The van der Waals surface area contributed by atoms with Crippen LogP contribution in [0, 0.1) is 0 Å². The minimum absolute atomic E-state index is 0.397. The van der Waals surface area contributed by atoms with Gasteiger partial charge in [-0.3, -0.25) is 0 Å². The van der Waals surface area contributed by atoms with Crippen molar-refractivity contribution in [1.82, 2.24) is 9.55 Å². The van der Waals surface area contributed by atoms with E-state index in [-0.39, 0.29) is 0 Å². The normalized spacial score (nSPS) is 16.9. The summed E-state index contributed by atoms with van der Waals surface area (Å²) in [6.07, 6.45) is 6.71. The lowest BCUT2D eigenvalue weighted by molar-refractivity contribution is 0.0364. The van der Waals surface area contributed by atoms with Crippen LogP contribution in [0.3, 0.4) is 0 Å². The molecule has 0 spiro atoms. The van der Waals surface area contributed by atoms with Crippen molar-refractivity contribution in [2.24, 2.45) is 5.73 Å². The van der Waals surface area contributed by atoms with Crippen LogP contribution in [0.25, 0.3) is 0 Å². The van der Waals surface area contributed by atoms with Crippen LogP contribution in [0.2, 0.25) is 0 Å². The van der Waals surface area contributed by atoms with Crippen molar-refractivity contribution in [1.29, 1.82) is 0 Å². The number of aromatic nitrogens is 2. The Bertz CT molecular complexity index is 397. The second kappa shape index (κ2) is 7.64. The molecule has 1 aromatic rings. The predicted octanol–water partition coefficient (Wildman–Crippen LogP) is 1.80. The number of nitrogens with zero attached hydrogens (tertiary/aromatic N) is 3. The van der Waals surface area contributed by atoms with Gasteiger partial charge in [0.15, 0.2) is 0 Å². The van der Waals surface area contributed by atoms with Crippen LogP contribution in [-0.4, -0.2) is 41.9 Å². The van der Waals surface area contributed by atoms with E-state index in [4.69, 9.17) is 15.5 Å². The molecule has 1 aliphatic rings. The molecule has 1 aromatic heterocycles. The van der Waals surface area contributed by atoms with Crippen molar-refractivity contribution < 1.29 is 4.74 Å². The van der Waals surface area contributed by atoms with E-state index >= 15 is 0 Å². The van der Waals surface area contributed by atoms with Crippen LogP contribution < -0.4 is 10.6 Å². The zero-order valence-electron chi connectivity index (χ0n) is 12.8. The first-order valence-electron chi connectivity index (χ1n) is 7.91. The zero-order valence-corrected chi connectivity index (χ0v) is 12.8. The van der Waals surface area contributed by atoms with Crippen molar-refractivity contribution in [3.05, 3.63) is 11.9 Å². The summed E-state index contributed by atoms with van der Waals surface area (Å²) < 4.78 is 8.11. The highest BCUT2D eigenvalue weighted by atomic mass is 16.5. The minimum Gasteiger partial charge on any atom is -0.378 e. The molecule has 0 unspecified atom stereocenters. The van der Waals surface area contributed by atoms with Gasteiger partial charge in [0, 0.05) is 32.4 Å². The molecule has 20 heavy (non-hydrogen) atoms. The molecule has 0 radical (unpaired) electrons. The van der Waals surface area contributed by atoms with Gasteiger partial charge in [0.1, 0.15) is 0 Å². The van der Waals surface area contributed by atoms with Crippen LogP contribution in [0.5, 0.6) is 0 Å². The van der Waals surface area contributed by atoms with E-state index in [1.54, 1.807) is 0 Å². The van der Waals surface area contributed by atoms with Crippen molar-refractivity contribution in [3.63, 3.8) is 0 Å². The number of anilines is 1. The Morgan fingerprint density at radius 1 is 1.35 bits per heavy atom. The first-order chi connectivity index (χ1) is 9.78. The molecule has 2 heterocycles. The van der Waals surface area contributed by atoms with Gasteiger partial charge in [-0.15, -0.1) is 0 Å². The summed E-state index contributed by atoms with van der Waals surface area (Å²) in [4.78, 5) is 7.15. The molecule has 0 atom stereocenters. The van der Waals surface area contributed by atoms with Crippen molar-refractivity contribution in [3.8, 4) is 0 Å². The third-order valence-electron chi connectivity index (χ3n) is 3.94. The van der Waals surface area contributed by atoms with Crippen molar-refractivity contribution in [2.75, 3.05) is 31.1 Å². The maximum absolute atomic E-state index is 5.86. The number of aryl methyl sites for hydroxylation is 2. The minimum atomic E-state index is 0.397. The van der Waals surface area contributed by atoms with E-state index in [2.05, 4.69) is 29.5 Å². The number of hydrogen-bond donors (Lipinski definition) is 1. The molecule has 114 valence electrons. The standard InChI is InChI=1S/C15H28N4O/c1-3-13-12-18(4-2)15(17-13)19-9-6-14(7-10-19)20-11-5-8-16/h12,14H,3-11,16H2,1-2H3. The predicted molar refractivity (Wildman–Crippen MR) is 82.1 cm³/mol. The fourth-order valence-electron chi connectivity index (χ4n) is 2.67. The van der Waals surface area contributed by atoms with Gasteiger partial charge in [0.05, 0.1) is 11.8 Å². The van der Waals surface area contributed by atoms with Gasteiger partial charge < -0.3 is 19.9 Å². The molecule has 0 saturated carbocycles. The summed E-state index contributed by atoms with van der Waals surface area (Å²) in [6, 6.07) is 0. The largest absolute Gasteiger partial charge is 0.378 e. The molecule has 0 bridgehead atoms. The van der Waals surface area contributed by atoms with Gasteiger partial charge in [0.25, 0.3) is 0 Å². The smallest absolute Gasteiger partial charge is 0.205 e. The Hall–Kier alpha value is -1.07. The first-order valence-corrected chi connectivity index (χ1v) is 7.91. The Balaban J connectivity index is 1.88. The van der Waals surface area contributed by atoms with E-state index < -0.39 is 0 Å². The maximum atomic E-state index is 5.86.